The summed E-state index contributed by atoms with van der Waals surface area (Å²) >= 11 is 0. The summed E-state index contributed by atoms with van der Waals surface area (Å²) in [7, 11) is 4.00. The third-order valence-corrected chi connectivity index (χ3v) is 2.69. The van der Waals surface area contributed by atoms with Crippen LogP contribution in [0.2, 0.25) is 0 Å². The molecular weight excluding hydrogens is 316 g/mol. The van der Waals surface area contributed by atoms with Crippen LogP contribution in [0, 0.1) is 13.8 Å². The van der Waals surface area contributed by atoms with Crippen LogP contribution in [0.4, 0.5) is 0 Å². The third kappa shape index (κ3) is 14.6. The van der Waals surface area contributed by atoms with E-state index < -0.39 is 0 Å². The van der Waals surface area contributed by atoms with E-state index in [1.54, 1.807) is 0 Å². The fourth-order valence-corrected chi connectivity index (χ4v) is 1.52. The Balaban J connectivity index is 0.000000358. The Morgan fingerprint density at radius 2 is 1.04 bits per heavy atom. The van der Waals surface area contributed by atoms with Crippen molar-refractivity contribution >= 4 is 11.8 Å². The number of carbonyl (C=O) groups is 2. The van der Waals surface area contributed by atoms with Crippen LogP contribution in [0.1, 0.15) is 6.42 Å². The standard InChI is InChI=1S/C7H12N2O2.2C6H8N/c1-3-8-6(10)5-7(11)9-4-2;2*1-7-5-3-2-4-6-7/h1-5H2,(H,8,10)(H,9,11);2*2-6H,1H3/q-2;2*+1. The molecule has 0 saturated heterocycles. The second-order valence-corrected chi connectivity index (χ2v) is 4.96. The Morgan fingerprint density at radius 3 is 1.24 bits per heavy atom. The molecule has 2 amide bonds. The number of aromatic nitrogens is 2. The van der Waals surface area contributed by atoms with Gasteiger partial charge in [-0.3, -0.25) is 9.59 Å². The van der Waals surface area contributed by atoms with E-state index in [1.807, 2.05) is 84.4 Å². The van der Waals surface area contributed by atoms with Gasteiger partial charge in [0.2, 0.25) is 11.8 Å². The molecule has 0 radical (unpaired) electrons. The van der Waals surface area contributed by atoms with Crippen molar-refractivity contribution in [2.24, 2.45) is 14.1 Å². The quantitative estimate of drug-likeness (QED) is 0.476. The highest BCUT2D eigenvalue weighted by Crippen LogP contribution is 1.78. The second-order valence-electron chi connectivity index (χ2n) is 4.96. The predicted octanol–water partition coefficient (Wildman–Crippen LogP) is 0.299. The highest BCUT2D eigenvalue weighted by molar-refractivity contribution is 5.96. The van der Waals surface area contributed by atoms with E-state index in [2.05, 4.69) is 24.5 Å². The van der Waals surface area contributed by atoms with Crippen molar-refractivity contribution in [1.82, 2.24) is 10.6 Å². The molecule has 6 nitrogen and oxygen atoms in total. The van der Waals surface area contributed by atoms with E-state index >= 15 is 0 Å². The van der Waals surface area contributed by atoms with E-state index in [0.717, 1.165) is 0 Å². The summed E-state index contributed by atoms with van der Waals surface area (Å²) in [6, 6.07) is 12.0. The smallest absolute Gasteiger partial charge is 0.227 e. The number of aryl methyl sites for hydroxylation is 2. The first-order valence-corrected chi connectivity index (χ1v) is 7.92. The van der Waals surface area contributed by atoms with E-state index in [9.17, 15) is 9.59 Å². The van der Waals surface area contributed by atoms with Crippen molar-refractivity contribution in [2.75, 3.05) is 13.1 Å². The summed E-state index contributed by atoms with van der Waals surface area (Å²) < 4.78 is 4.00. The number of carbonyl (C=O) groups excluding carboxylic acids is 2. The molecule has 0 fully saturated rings. The molecule has 2 N–H and O–H groups in total. The molecule has 0 bridgehead atoms. The maximum absolute atomic E-state index is 10.7. The van der Waals surface area contributed by atoms with Crippen molar-refractivity contribution in [3.63, 3.8) is 0 Å². The minimum absolute atomic E-state index is 0.148. The molecular formula is C19H28N4O2. The molecule has 2 rings (SSSR count). The van der Waals surface area contributed by atoms with Gasteiger partial charge in [-0.15, -0.1) is 13.1 Å². The van der Waals surface area contributed by atoms with Crippen molar-refractivity contribution in [1.29, 1.82) is 0 Å². The molecule has 0 atom stereocenters. The van der Waals surface area contributed by atoms with Crippen LogP contribution in [-0.4, -0.2) is 24.9 Å². The molecule has 25 heavy (non-hydrogen) atoms. The monoisotopic (exact) mass is 344 g/mol. The Labute approximate surface area is 150 Å². The van der Waals surface area contributed by atoms with E-state index in [4.69, 9.17) is 0 Å². The number of hydrogen-bond donors (Lipinski definition) is 2. The van der Waals surface area contributed by atoms with E-state index in [0.29, 0.717) is 13.1 Å². The molecule has 2 heterocycles. The highest BCUT2D eigenvalue weighted by atomic mass is 16.2. The molecule has 136 valence electrons. The summed E-state index contributed by atoms with van der Waals surface area (Å²) in [4.78, 5) is 21.4. The number of nitrogens with zero attached hydrogens (tertiary/aromatic N) is 2. The minimum atomic E-state index is -0.314. The Morgan fingerprint density at radius 1 is 0.720 bits per heavy atom. The van der Waals surface area contributed by atoms with E-state index in [-0.39, 0.29) is 18.2 Å². The van der Waals surface area contributed by atoms with Crippen molar-refractivity contribution in [2.45, 2.75) is 6.42 Å². The number of rotatable bonds is 4. The summed E-state index contributed by atoms with van der Waals surface area (Å²) in [5.74, 6) is -0.628. The fraction of sp³-hybridized carbons (Fsp3) is 0.263. The molecule has 0 saturated carbocycles. The summed E-state index contributed by atoms with van der Waals surface area (Å²) in [6.07, 6.45) is 7.85. The van der Waals surface area contributed by atoms with Crippen LogP contribution in [0.3, 0.4) is 0 Å². The molecule has 6 heteroatoms. The van der Waals surface area contributed by atoms with Gasteiger partial charge >= 0.3 is 0 Å². The number of nitrogens with one attached hydrogen (secondary N) is 2. The van der Waals surface area contributed by atoms with Gasteiger partial charge in [0.25, 0.3) is 0 Å². The van der Waals surface area contributed by atoms with Crippen LogP contribution in [0.5, 0.6) is 0 Å². The van der Waals surface area contributed by atoms with Gasteiger partial charge in [0.1, 0.15) is 20.5 Å². The molecule has 0 spiro atoms. The SMILES string of the molecule is C[n+]1ccccc1.C[n+]1ccccc1.[CH2-]CNC(=O)CC(=O)NC[CH2-]. The maximum Gasteiger partial charge on any atom is 0.227 e. The van der Waals surface area contributed by atoms with Crippen LogP contribution in [-0.2, 0) is 23.7 Å². The van der Waals surface area contributed by atoms with Gasteiger partial charge in [-0.2, -0.15) is 0 Å². The van der Waals surface area contributed by atoms with Crippen LogP contribution >= 0.6 is 0 Å². The third-order valence-electron chi connectivity index (χ3n) is 2.69. The van der Waals surface area contributed by atoms with E-state index in [1.165, 1.54) is 0 Å². The molecule has 0 aliphatic rings. The summed E-state index contributed by atoms with van der Waals surface area (Å²) in [6.45, 7) is 7.41. The molecule has 0 aliphatic heterocycles. The summed E-state index contributed by atoms with van der Waals surface area (Å²) in [5, 5.41) is 4.81. The first-order chi connectivity index (χ1) is 12.0. The Hall–Kier alpha value is -2.76. The topological polar surface area (TPSA) is 66.0 Å². The number of hydrogen-bond acceptors (Lipinski definition) is 2. The van der Waals surface area contributed by atoms with Crippen molar-refractivity contribution in [3.05, 3.63) is 75.0 Å². The fourth-order valence-electron chi connectivity index (χ4n) is 1.52. The molecule has 2 aromatic rings. The molecule has 0 aromatic carbocycles. The molecule has 0 aliphatic carbocycles. The summed E-state index contributed by atoms with van der Waals surface area (Å²) in [5.41, 5.74) is 0. The molecule has 0 unspecified atom stereocenters. The lowest BCUT2D eigenvalue weighted by Crippen LogP contribution is -2.31. The lowest BCUT2D eigenvalue weighted by Gasteiger charge is -2.05. The van der Waals surface area contributed by atoms with Gasteiger partial charge in [0.05, 0.1) is 0 Å². The van der Waals surface area contributed by atoms with Crippen LogP contribution in [0.15, 0.2) is 61.2 Å². The van der Waals surface area contributed by atoms with Gasteiger partial charge < -0.3 is 24.5 Å². The zero-order chi connectivity index (χ0) is 18.9. The Kier molecular flexibility index (Phi) is 13.2. The zero-order valence-electron chi connectivity index (χ0n) is 15.0. The lowest BCUT2D eigenvalue weighted by molar-refractivity contribution is -0.671. The van der Waals surface area contributed by atoms with Gasteiger partial charge in [-0.05, 0) is 0 Å². The molecule has 2 aromatic heterocycles. The van der Waals surface area contributed by atoms with Gasteiger partial charge in [-0.1, -0.05) is 12.1 Å². The number of pyridine rings is 2. The van der Waals surface area contributed by atoms with Crippen molar-refractivity contribution in [3.8, 4) is 0 Å². The van der Waals surface area contributed by atoms with Gasteiger partial charge in [0, 0.05) is 24.3 Å². The van der Waals surface area contributed by atoms with Crippen molar-refractivity contribution < 1.29 is 18.7 Å². The first-order valence-electron chi connectivity index (χ1n) is 7.92. The average Bonchev–Trinajstić information content (AvgIpc) is 2.58. The normalized spacial score (nSPS) is 8.80. The van der Waals surface area contributed by atoms with Gasteiger partial charge in [0.15, 0.2) is 24.8 Å². The first kappa shape index (κ1) is 22.2. The average molecular weight is 344 g/mol. The lowest BCUT2D eigenvalue weighted by atomic mass is 10.4. The largest absolute Gasteiger partial charge is 0.386 e. The van der Waals surface area contributed by atoms with Crippen LogP contribution < -0.4 is 19.8 Å². The minimum Gasteiger partial charge on any atom is -0.386 e. The maximum atomic E-state index is 10.7. The zero-order valence-corrected chi connectivity index (χ0v) is 15.0. The van der Waals surface area contributed by atoms with Gasteiger partial charge in [-0.25, -0.2) is 9.13 Å². The van der Waals surface area contributed by atoms with Crippen LogP contribution in [0.25, 0.3) is 0 Å². The second kappa shape index (κ2) is 14.8. The predicted molar refractivity (Wildman–Crippen MR) is 96.6 cm³/mol. The Bertz CT molecular complexity index is 535. The highest BCUT2D eigenvalue weighted by Gasteiger charge is 2.03. The number of amides is 2.